The number of amides is 1. The van der Waals surface area contributed by atoms with Gasteiger partial charge in [0.1, 0.15) is 0 Å². The van der Waals surface area contributed by atoms with Gasteiger partial charge in [-0.1, -0.05) is 34.1 Å². The van der Waals surface area contributed by atoms with Gasteiger partial charge in [0, 0.05) is 16.4 Å². The Bertz CT molecular complexity index is 1050. The minimum atomic E-state index is -0.348. The molecule has 0 fully saturated rings. The largest absolute Gasteiger partial charge is 0.493 e. The fraction of sp³-hybridized carbons (Fsp3) is 0.211. The number of halogens is 1. The van der Waals surface area contributed by atoms with Gasteiger partial charge < -0.3 is 14.8 Å². The van der Waals surface area contributed by atoms with Gasteiger partial charge in [-0.05, 0) is 30.2 Å². The number of carbonyl (C=O) groups is 1. The first-order chi connectivity index (χ1) is 13.0. The number of nitrogens with zero attached hydrogens (tertiary/aromatic N) is 1. The van der Waals surface area contributed by atoms with Crippen molar-refractivity contribution < 1.29 is 14.3 Å². The van der Waals surface area contributed by atoms with E-state index in [4.69, 9.17) is 9.47 Å². The molecule has 0 saturated heterocycles. The molecule has 3 rings (SSSR count). The van der Waals surface area contributed by atoms with E-state index < -0.39 is 0 Å². The standard InChI is InChI=1S/C19H18BrN3O4/c1-26-15-9-11(14(20)10-16(15)27-2)7-8-21-19(25)17-12-5-3-4-6-13(12)18(24)23-22-17/h3-6,9-10H,7-8H2,1-2H3,(H,21,25)(H,23,24). The van der Waals surface area contributed by atoms with Crippen molar-refractivity contribution in [3.05, 3.63) is 62.5 Å². The molecule has 0 atom stereocenters. The van der Waals surface area contributed by atoms with Gasteiger partial charge in [0.25, 0.3) is 11.5 Å². The lowest BCUT2D eigenvalue weighted by Crippen LogP contribution is -2.28. The van der Waals surface area contributed by atoms with E-state index in [9.17, 15) is 9.59 Å². The lowest BCUT2D eigenvalue weighted by Gasteiger charge is -2.12. The minimum absolute atomic E-state index is 0.191. The Morgan fingerprint density at radius 1 is 1.15 bits per heavy atom. The number of ether oxygens (including phenoxy) is 2. The molecule has 1 heterocycles. The Morgan fingerprint density at radius 2 is 1.81 bits per heavy atom. The quantitative estimate of drug-likeness (QED) is 0.625. The molecule has 0 bridgehead atoms. The smallest absolute Gasteiger partial charge is 0.272 e. The van der Waals surface area contributed by atoms with Gasteiger partial charge in [-0.2, -0.15) is 5.10 Å². The van der Waals surface area contributed by atoms with Gasteiger partial charge in [-0.3, -0.25) is 9.59 Å². The second-order valence-corrected chi connectivity index (χ2v) is 6.61. The van der Waals surface area contributed by atoms with Crippen LogP contribution in [0.15, 0.2) is 45.7 Å². The number of H-pyrrole nitrogens is 1. The molecular weight excluding hydrogens is 414 g/mol. The van der Waals surface area contributed by atoms with Crippen LogP contribution >= 0.6 is 15.9 Å². The van der Waals surface area contributed by atoms with E-state index in [2.05, 4.69) is 31.4 Å². The van der Waals surface area contributed by atoms with Crippen molar-refractivity contribution in [2.24, 2.45) is 0 Å². The predicted octanol–water partition coefficient (Wildman–Crippen LogP) is 2.68. The van der Waals surface area contributed by atoms with Crippen molar-refractivity contribution in [2.45, 2.75) is 6.42 Å². The fourth-order valence-corrected chi connectivity index (χ4v) is 3.29. The van der Waals surface area contributed by atoms with E-state index in [0.717, 1.165) is 10.0 Å². The second kappa shape index (κ2) is 8.22. The van der Waals surface area contributed by atoms with Crippen LogP contribution in [0.2, 0.25) is 0 Å². The van der Waals surface area contributed by atoms with Crippen molar-refractivity contribution >= 4 is 32.6 Å². The van der Waals surface area contributed by atoms with Crippen LogP contribution in [0.4, 0.5) is 0 Å². The highest BCUT2D eigenvalue weighted by atomic mass is 79.9. The van der Waals surface area contributed by atoms with Gasteiger partial charge in [0.05, 0.1) is 19.6 Å². The maximum Gasteiger partial charge on any atom is 0.272 e. The van der Waals surface area contributed by atoms with Gasteiger partial charge in [-0.25, -0.2) is 5.10 Å². The predicted molar refractivity (Wildman–Crippen MR) is 106 cm³/mol. The van der Waals surface area contributed by atoms with Crippen LogP contribution in [0.5, 0.6) is 11.5 Å². The summed E-state index contributed by atoms with van der Waals surface area (Å²) in [6, 6.07) is 10.6. The minimum Gasteiger partial charge on any atom is -0.493 e. The highest BCUT2D eigenvalue weighted by Gasteiger charge is 2.14. The first kappa shape index (κ1) is 18.9. The summed E-state index contributed by atoms with van der Waals surface area (Å²) in [5.41, 5.74) is 0.834. The monoisotopic (exact) mass is 431 g/mol. The highest BCUT2D eigenvalue weighted by Crippen LogP contribution is 2.33. The number of fused-ring (bicyclic) bond motifs is 1. The van der Waals surface area contributed by atoms with Crippen LogP contribution < -0.4 is 20.3 Å². The molecule has 1 amide bonds. The Labute approximate surface area is 163 Å². The van der Waals surface area contributed by atoms with Crippen molar-refractivity contribution in [1.29, 1.82) is 0 Å². The molecule has 7 nitrogen and oxygen atoms in total. The number of hydrogen-bond acceptors (Lipinski definition) is 5. The van der Waals surface area contributed by atoms with E-state index in [1.165, 1.54) is 0 Å². The highest BCUT2D eigenvalue weighted by molar-refractivity contribution is 9.10. The van der Waals surface area contributed by atoms with Crippen molar-refractivity contribution in [1.82, 2.24) is 15.5 Å². The molecule has 0 spiro atoms. The Kier molecular flexibility index (Phi) is 5.75. The number of benzene rings is 2. The van der Waals surface area contributed by atoms with Crippen molar-refractivity contribution in [3.8, 4) is 11.5 Å². The van der Waals surface area contributed by atoms with Gasteiger partial charge in [0.2, 0.25) is 0 Å². The number of aromatic amines is 1. The summed E-state index contributed by atoms with van der Waals surface area (Å²) in [5, 5.41) is 10.1. The summed E-state index contributed by atoms with van der Waals surface area (Å²) < 4.78 is 11.4. The molecule has 0 aliphatic rings. The first-order valence-electron chi connectivity index (χ1n) is 8.21. The van der Waals surface area contributed by atoms with Crippen LogP contribution in [0.1, 0.15) is 16.1 Å². The number of aromatic nitrogens is 2. The van der Waals surface area contributed by atoms with Crippen LogP contribution in [-0.2, 0) is 6.42 Å². The Hall–Kier alpha value is -2.87. The molecule has 0 saturated carbocycles. The fourth-order valence-electron chi connectivity index (χ4n) is 2.77. The van der Waals surface area contributed by atoms with Crippen molar-refractivity contribution in [3.63, 3.8) is 0 Å². The maximum absolute atomic E-state index is 12.5. The molecule has 8 heteroatoms. The summed E-state index contributed by atoms with van der Waals surface area (Å²) in [4.78, 5) is 24.3. The number of methoxy groups -OCH3 is 2. The maximum atomic E-state index is 12.5. The molecule has 0 aliphatic heterocycles. The third-order valence-corrected chi connectivity index (χ3v) is 4.88. The summed E-state index contributed by atoms with van der Waals surface area (Å²) in [5.74, 6) is 0.899. The molecule has 3 aromatic rings. The summed E-state index contributed by atoms with van der Waals surface area (Å²) in [7, 11) is 3.15. The molecule has 1 aromatic heterocycles. The van der Waals surface area contributed by atoms with Gasteiger partial charge >= 0.3 is 0 Å². The van der Waals surface area contributed by atoms with E-state index >= 15 is 0 Å². The van der Waals surface area contributed by atoms with E-state index in [1.807, 2.05) is 12.1 Å². The van der Waals surface area contributed by atoms with Gasteiger partial charge in [-0.15, -0.1) is 0 Å². The van der Waals surface area contributed by atoms with Crippen LogP contribution in [0.25, 0.3) is 10.8 Å². The average Bonchev–Trinajstić information content (AvgIpc) is 2.69. The van der Waals surface area contributed by atoms with Gasteiger partial charge in [0.15, 0.2) is 17.2 Å². The molecule has 2 aromatic carbocycles. The molecule has 0 aliphatic carbocycles. The molecule has 27 heavy (non-hydrogen) atoms. The second-order valence-electron chi connectivity index (χ2n) is 5.75. The lowest BCUT2D eigenvalue weighted by molar-refractivity contribution is 0.0950. The van der Waals surface area contributed by atoms with Crippen LogP contribution in [-0.4, -0.2) is 36.9 Å². The third kappa shape index (κ3) is 3.95. The number of nitrogens with one attached hydrogen (secondary N) is 2. The number of rotatable bonds is 6. The zero-order valence-electron chi connectivity index (χ0n) is 14.8. The zero-order valence-corrected chi connectivity index (χ0v) is 16.4. The summed E-state index contributed by atoms with van der Waals surface area (Å²) in [6.45, 7) is 0.391. The van der Waals surface area contributed by atoms with Crippen LogP contribution in [0, 0.1) is 0 Å². The number of carbonyl (C=O) groups excluding carboxylic acids is 1. The Balaban J connectivity index is 1.74. The third-order valence-electron chi connectivity index (χ3n) is 4.14. The molecule has 2 N–H and O–H groups in total. The molecule has 0 radical (unpaired) electrons. The SMILES string of the molecule is COc1cc(Br)c(CCNC(=O)c2n[nH]c(=O)c3ccccc23)cc1OC. The van der Waals surface area contributed by atoms with E-state index in [0.29, 0.717) is 35.2 Å². The number of hydrogen-bond donors (Lipinski definition) is 2. The molecular formula is C19H18BrN3O4. The average molecular weight is 432 g/mol. The summed E-state index contributed by atoms with van der Waals surface area (Å²) in [6.07, 6.45) is 0.577. The van der Waals surface area contributed by atoms with E-state index in [-0.39, 0.29) is 17.2 Å². The van der Waals surface area contributed by atoms with Crippen molar-refractivity contribution in [2.75, 3.05) is 20.8 Å². The lowest BCUT2D eigenvalue weighted by atomic mass is 10.1. The Morgan fingerprint density at radius 3 is 2.52 bits per heavy atom. The zero-order chi connectivity index (χ0) is 19.4. The summed E-state index contributed by atoms with van der Waals surface area (Å²) >= 11 is 3.50. The topological polar surface area (TPSA) is 93.3 Å². The van der Waals surface area contributed by atoms with E-state index in [1.54, 1.807) is 38.5 Å². The normalized spacial score (nSPS) is 10.6. The first-order valence-corrected chi connectivity index (χ1v) is 9.00. The molecule has 0 unspecified atom stereocenters. The molecule has 140 valence electrons. The van der Waals surface area contributed by atoms with Crippen LogP contribution in [0.3, 0.4) is 0 Å².